The first-order valence-corrected chi connectivity index (χ1v) is 10.2. The number of aromatic amines is 1. The van der Waals surface area contributed by atoms with E-state index in [4.69, 9.17) is 9.47 Å². The Morgan fingerprint density at radius 3 is 2.52 bits per heavy atom. The molecule has 29 heavy (non-hydrogen) atoms. The van der Waals surface area contributed by atoms with Gasteiger partial charge in [-0.25, -0.2) is 9.78 Å². The molecule has 0 saturated carbocycles. The second-order valence-electron chi connectivity index (χ2n) is 6.47. The Bertz CT molecular complexity index is 1110. The summed E-state index contributed by atoms with van der Waals surface area (Å²) in [6.07, 6.45) is -0.0937. The van der Waals surface area contributed by atoms with Crippen molar-refractivity contribution >= 4 is 33.3 Å². The summed E-state index contributed by atoms with van der Waals surface area (Å²) in [6.45, 7) is 7.28. The minimum atomic E-state index is -0.534. The zero-order chi connectivity index (χ0) is 21.1. The normalized spacial score (nSPS) is 12.0. The number of nitrogens with one attached hydrogen (secondary N) is 1. The molecule has 0 aliphatic heterocycles. The molecule has 0 saturated heterocycles. The molecule has 2 heterocycles. The maximum Gasteiger partial charge on any atom is 0.348 e. The van der Waals surface area contributed by atoms with Gasteiger partial charge in [0.2, 0.25) is 0 Å². The first-order chi connectivity index (χ1) is 13.8. The lowest BCUT2D eigenvalue weighted by atomic mass is 10.1. The van der Waals surface area contributed by atoms with E-state index in [1.54, 1.807) is 45.0 Å². The van der Waals surface area contributed by atoms with Crippen LogP contribution in [0.2, 0.25) is 0 Å². The van der Waals surface area contributed by atoms with Crippen molar-refractivity contribution in [3.63, 3.8) is 0 Å². The second-order valence-corrected chi connectivity index (χ2v) is 7.47. The maximum absolute atomic E-state index is 12.6. The van der Waals surface area contributed by atoms with Crippen LogP contribution >= 0.6 is 11.3 Å². The molecule has 3 rings (SSSR count). The van der Waals surface area contributed by atoms with Gasteiger partial charge in [-0.2, -0.15) is 0 Å². The fraction of sp³-hybridized carbons (Fsp3) is 0.333. The van der Waals surface area contributed by atoms with Gasteiger partial charge in [0.25, 0.3) is 5.56 Å². The van der Waals surface area contributed by atoms with E-state index in [9.17, 15) is 14.4 Å². The number of thiophene rings is 1. The molecule has 1 aromatic carbocycles. The van der Waals surface area contributed by atoms with Gasteiger partial charge in [-0.05, 0) is 50.6 Å². The lowest BCUT2D eigenvalue weighted by Crippen LogP contribution is -2.16. The van der Waals surface area contributed by atoms with Gasteiger partial charge in [0.15, 0.2) is 17.7 Å². The molecule has 1 N–H and O–H groups in total. The van der Waals surface area contributed by atoms with E-state index in [0.29, 0.717) is 44.2 Å². The van der Waals surface area contributed by atoms with Crippen molar-refractivity contribution in [1.29, 1.82) is 0 Å². The van der Waals surface area contributed by atoms with Crippen LogP contribution in [0.3, 0.4) is 0 Å². The SMILES string of the molecule is CCOC(=O)c1sc2nc([C@H](C)Oc3ccc(C(=O)CC)cc3)[nH]c(=O)c2c1C. The number of H-pyrrole nitrogens is 1. The second kappa shape index (κ2) is 8.57. The van der Waals surface area contributed by atoms with Crippen LogP contribution < -0.4 is 10.3 Å². The number of aryl methyl sites for hydroxylation is 1. The third-order valence-electron chi connectivity index (χ3n) is 4.48. The number of aromatic nitrogens is 2. The highest BCUT2D eigenvalue weighted by Crippen LogP contribution is 2.29. The van der Waals surface area contributed by atoms with Gasteiger partial charge < -0.3 is 14.5 Å². The van der Waals surface area contributed by atoms with Crippen molar-refractivity contribution in [2.24, 2.45) is 0 Å². The summed E-state index contributed by atoms with van der Waals surface area (Å²) in [5.41, 5.74) is 0.864. The molecule has 0 amide bonds. The lowest BCUT2D eigenvalue weighted by molar-refractivity contribution is 0.0531. The number of benzene rings is 1. The predicted octanol–water partition coefficient (Wildman–Crippen LogP) is 4.20. The van der Waals surface area contributed by atoms with Crippen molar-refractivity contribution in [2.75, 3.05) is 6.61 Å². The zero-order valence-electron chi connectivity index (χ0n) is 16.7. The standard InChI is InChI=1S/C21H22N2O5S/c1-5-15(24)13-7-9-14(10-8-13)28-12(4)18-22-19(25)16-11(3)17(21(26)27-6-2)29-20(16)23-18/h7-10,12H,5-6H2,1-4H3,(H,22,23,25)/t12-/m0/s1. The number of ether oxygens (including phenoxy) is 2. The Hall–Kier alpha value is -3.00. The third kappa shape index (κ3) is 4.22. The molecule has 1 atom stereocenters. The molecular weight excluding hydrogens is 392 g/mol. The van der Waals surface area contributed by atoms with E-state index in [1.165, 1.54) is 0 Å². The number of nitrogens with zero attached hydrogens (tertiary/aromatic N) is 1. The molecule has 152 valence electrons. The van der Waals surface area contributed by atoms with Crippen LogP contribution in [0.25, 0.3) is 10.2 Å². The molecule has 0 aliphatic rings. The van der Waals surface area contributed by atoms with Crippen molar-refractivity contribution < 1.29 is 19.1 Å². The Kier molecular flexibility index (Phi) is 6.12. The number of carbonyl (C=O) groups is 2. The van der Waals surface area contributed by atoms with Crippen LogP contribution in [-0.2, 0) is 4.74 Å². The summed E-state index contributed by atoms with van der Waals surface area (Å²) in [7, 11) is 0. The molecule has 0 bridgehead atoms. The highest BCUT2D eigenvalue weighted by atomic mass is 32.1. The van der Waals surface area contributed by atoms with Gasteiger partial charge in [-0.1, -0.05) is 6.92 Å². The first kappa shape index (κ1) is 20.7. The fourth-order valence-electron chi connectivity index (χ4n) is 2.93. The summed E-state index contributed by atoms with van der Waals surface area (Å²) in [4.78, 5) is 44.5. The van der Waals surface area contributed by atoms with E-state index < -0.39 is 12.1 Å². The van der Waals surface area contributed by atoms with E-state index in [1.807, 2.05) is 6.92 Å². The molecule has 0 aliphatic carbocycles. The van der Waals surface area contributed by atoms with Crippen molar-refractivity contribution in [1.82, 2.24) is 9.97 Å². The van der Waals surface area contributed by atoms with Crippen LogP contribution in [0.1, 0.15) is 64.7 Å². The molecule has 3 aromatic rings. The minimum absolute atomic E-state index is 0.0616. The maximum atomic E-state index is 12.6. The van der Waals surface area contributed by atoms with Crippen molar-refractivity contribution in [2.45, 2.75) is 40.2 Å². The number of rotatable bonds is 7. The Labute approximate surface area is 171 Å². The number of esters is 1. The van der Waals surface area contributed by atoms with Crippen LogP contribution in [-0.4, -0.2) is 28.3 Å². The number of fused-ring (bicyclic) bond motifs is 1. The molecule has 0 radical (unpaired) electrons. The topological polar surface area (TPSA) is 98.3 Å². The zero-order valence-corrected chi connectivity index (χ0v) is 17.5. The molecule has 8 heteroatoms. The van der Waals surface area contributed by atoms with Gasteiger partial charge in [0, 0.05) is 12.0 Å². The molecule has 7 nitrogen and oxygen atoms in total. The minimum Gasteiger partial charge on any atom is -0.483 e. The van der Waals surface area contributed by atoms with Gasteiger partial charge in [0.1, 0.15) is 15.5 Å². The number of carbonyl (C=O) groups excluding carboxylic acids is 2. The molecule has 0 unspecified atom stereocenters. The van der Waals surface area contributed by atoms with Crippen LogP contribution in [0, 0.1) is 6.92 Å². The first-order valence-electron chi connectivity index (χ1n) is 9.36. The predicted molar refractivity (Wildman–Crippen MR) is 111 cm³/mol. The summed E-state index contributed by atoms with van der Waals surface area (Å²) < 4.78 is 10.9. The summed E-state index contributed by atoms with van der Waals surface area (Å²) in [5, 5.41) is 0.386. The molecule has 2 aromatic heterocycles. The van der Waals surface area contributed by atoms with Crippen LogP contribution in [0.4, 0.5) is 0 Å². The highest BCUT2D eigenvalue weighted by Gasteiger charge is 2.21. The summed E-state index contributed by atoms with van der Waals surface area (Å²) >= 11 is 1.13. The summed E-state index contributed by atoms with van der Waals surface area (Å²) in [6, 6.07) is 6.84. The molecule has 0 spiro atoms. The van der Waals surface area contributed by atoms with E-state index in [0.717, 1.165) is 11.3 Å². The van der Waals surface area contributed by atoms with Gasteiger partial charge in [-0.3, -0.25) is 9.59 Å². The fourth-order valence-corrected chi connectivity index (χ4v) is 4.01. The van der Waals surface area contributed by atoms with Crippen molar-refractivity contribution in [3.8, 4) is 5.75 Å². The summed E-state index contributed by atoms with van der Waals surface area (Å²) in [5.74, 6) is 0.516. The largest absolute Gasteiger partial charge is 0.483 e. The lowest BCUT2D eigenvalue weighted by Gasteiger charge is -2.14. The van der Waals surface area contributed by atoms with E-state index in [-0.39, 0.29) is 17.9 Å². The molecular formula is C21H22N2O5S. The number of ketones is 1. The Morgan fingerprint density at radius 2 is 1.90 bits per heavy atom. The van der Waals surface area contributed by atoms with Crippen LogP contribution in [0.15, 0.2) is 29.1 Å². The van der Waals surface area contributed by atoms with Crippen molar-refractivity contribution in [3.05, 3.63) is 56.4 Å². The number of hydrogen-bond acceptors (Lipinski definition) is 7. The third-order valence-corrected chi connectivity index (χ3v) is 5.64. The number of hydrogen-bond donors (Lipinski definition) is 1. The van der Waals surface area contributed by atoms with E-state index in [2.05, 4.69) is 9.97 Å². The number of Topliss-reactive ketones (excluding diaryl/α,β-unsaturated/α-hetero) is 1. The molecule has 0 fully saturated rings. The van der Waals surface area contributed by atoms with Gasteiger partial charge in [0.05, 0.1) is 12.0 Å². The highest BCUT2D eigenvalue weighted by molar-refractivity contribution is 7.20. The van der Waals surface area contributed by atoms with E-state index >= 15 is 0 Å². The average Bonchev–Trinajstić information content (AvgIpc) is 3.05. The quantitative estimate of drug-likeness (QED) is 0.459. The van der Waals surface area contributed by atoms with Gasteiger partial charge >= 0.3 is 5.97 Å². The van der Waals surface area contributed by atoms with Gasteiger partial charge in [-0.15, -0.1) is 11.3 Å². The Balaban J connectivity index is 1.88. The smallest absolute Gasteiger partial charge is 0.348 e. The monoisotopic (exact) mass is 414 g/mol. The Morgan fingerprint density at radius 1 is 1.21 bits per heavy atom. The average molecular weight is 414 g/mol. The van der Waals surface area contributed by atoms with Crippen LogP contribution in [0.5, 0.6) is 5.75 Å².